The van der Waals surface area contributed by atoms with Crippen LogP contribution in [0, 0.1) is 0 Å². The molecule has 0 amide bonds. The number of hydrogen-bond acceptors (Lipinski definition) is 3. The highest BCUT2D eigenvalue weighted by Gasteiger charge is 2.07. The van der Waals surface area contributed by atoms with Gasteiger partial charge in [-0.1, -0.05) is 36.4 Å². The molecule has 0 aliphatic rings. The quantitative estimate of drug-likeness (QED) is 0.609. The number of aromatic amines is 1. The Morgan fingerprint density at radius 1 is 1.09 bits per heavy atom. The maximum atomic E-state index is 5.86. The lowest BCUT2D eigenvalue weighted by molar-refractivity contribution is 0.797. The second kappa shape index (κ2) is 5.04. The van der Waals surface area contributed by atoms with E-state index in [1.807, 2.05) is 48.9 Å². The fourth-order valence-corrected chi connectivity index (χ4v) is 2.58. The van der Waals surface area contributed by atoms with Crippen molar-refractivity contribution < 1.29 is 0 Å². The highest BCUT2D eigenvalue weighted by atomic mass is 15.1. The largest absolute Gasteiger partial charge is 0.382 e. The van der Waals surface area contributed by atoms with Gasteiger partial charge in [0, 0.05) is 23.7 Å². The van der Waals surface area contributed by atoms with Crippen LogP contribution in [0.2, 0.25) is 0 Å². The Bertz CT molecular complexity index is 921. The zero-order valence-electron chi connectivity index (χ0n) is 11.9. The number of nitrogen functional groups attached to an aromatic ring is 1. The number of nitrogens with one attached hydrogen (secondary N) is 1. The predicted octanol–water partition coefficient (Wildman–Crippen LogP) is 3.06. The smallest absolute Gasteiger partial charge is 0.153 e. The number of H-pyrrole nitrogens is 1. The number of benzene rings is 2. The molecule has 0 spiro atoms. The van der Waals surface area contributed by atoms with E-state index in [-0.39, 0.29) is 0 Å². The molecule has 0 bridgehead atoms. The Morgan fingerprint density at radius 2 is 1.95 bits per heavy atom. The monoisotopic (exact) mass is 289 g/mol. The van der Waals surface area contributed by atoms with Gasteiger partial charge in [0.25, 0.3) is 0 Å². The maximum Gasteiger partial charge on any atom is 0.153 e. The molecule has 108 valence electrons. The first-order valence-corrected chi connectivity index (χ1v) is 7.09. The Balaban J connectivity index is 1.66. The van der Waals surface area contributed by atoms with Crippen LogP contribution >= 0.6 is 0 Å². The molecule has 2 heterocycles. The summed E-state index contributed by atoms with van der Waals surface area (Å²) >= 11 is 0. The van der Waals surface area contributed by atoms with E-state index in [0.29, 0.717) is 5.82 Å². The summed E-state index contributed by atoms with van der Waals surface area (Å²) in [5.74, 6) is 0.514. The van der Waals surface area contributed by atoms with Crippen molar-refractivity contribution in [2.75, 3.05) is 5.73 Å². The van der Waals surface area contributed by atoms with Gasteiger partial charge in [0.05, 0.1) is 17.5 Å². The molecule has 4 rings (SSSR count). The SMILES string of the molecule is Nc1n[nH]c2ccc(-c3cn(Cc4ccccc4)cn3)cc12. The van der Waals surface area contributed by atoms with E-state index in [9.17, 15) is 0 Å². The van der Waals surface area contributed by atoms with E-state index in [0.717, 1.165) is 28.7 Å². The molecule has 5 heteroatoms. The summed E-state index contributed by atoms with van der Waals surface area (Å²) in [6, 6.07) is 16.3. The van der Waals surface area contributed by atoms with Crippen LogP contribution in [0.3, 0.4) is 0 Å². The topological polar surface area (TPSA) is 72.5 Å². The maximum absolute atomic E-state index is 5.86. The van der Waals surface area contributed by atoms with Crippen LogP contribution in [0.4, 0.5) is 5.82 Å². The van der Waals surface area contributed by atoms with Crippen molar-refractivity contribution in [2.45, 2.75) is 6.54 Å². The van der Waals surface area contributed by atoms with Crippen molar-refractivity contribution in [3.8, 4) is 11.3 Å². The van der Waals surface area contributed by atoms with Gasteiger partial charge in [0.1, 0.15) is 0 Å². The second-order valence-corrected chi connectivity index (χ2v) is 5.29. The Labute approximate surface area is 127 Å². The summed E-state index contributed by atoms with van der Waals surface area (Å²) in [4.78, 5) is 4.49. The molecule has 0 atom stereocenters. The lowest BCUT2D eigenvalue weighted by atomic mass is 10.1. The van der Waals surface area contributed by atoms with E-state index in [2.05, 4.69) is 31.9 Å². The highest BCUT2D eigenvalue weighted by Crippen LogP contribution is 2.25. The molecule has 0 unspecified atom stereocenters. The Hall–Kier alpha value is -3.08. The van der Waals surface area contributed by atoms with Crippen LogP contribution in [0.1, 0.15) is 5.56 Å². The van der Waals surface area contributed by atoms with Gasteiger partial charge < -0.3 is 10.3 Å². The third kappa shape index (κ3) is 2.22. The zero-order chi connectivity index (χ0) is 14.9. The summed E-state index contributed by atoms with van der Waals surface area (Å²) in [7, 11) is 0. The lowest BCUT2D eigenvalue weighted by Gasteiger charge is -2.01. The number of fused-ring (bicyclic) bond motifs is 1. The van der Waals surface area contributed by atoms with Crippen LogP contribution in [0.25, 0.3) is 22.2 Å². The van der Waals surface area contributed by atoms with E-state index in [4.69, 9.17) is 5.73 Å². The number of aromatic nitrogens is 4. The minimum absolute atomic E-state index is 0.514. The fraction of sp³-hybridized carbons (Fsp3) is 0.0588. The van der Waals surface area contributed by atoms with E-state index in [1.54, 1.807) is 0 Å². The van der Waals surface area contributed by atoms with E-state index < -0.39 is 0 Å². The first-order chi connectivity index (χ1) is 10.8. The Morgan fingerprint density at radius 3 is 2.82 bits per heavy atom. The van der Waals surface area contributed by atoms with Crippen molar-refractivity contribution in [1.29, 1.82) is 0 Å². The average molecular weight is 289 g/mol. The standard InChI is InChI=1S/C17H15N5/c18-17-14-8-13(6-7-15(14)20-21-17)16-10-22(11-19-16)9-12-4-2-1-3-5-12/h1-8,10-11H,9H2,(H3,18,20,21). The minimum atomic E-state index is 0.514. The van der Waals surface area contributed by atoms with Gasteiger partial charge in [-0.05, 0) is 17.7 Å². The minimum Gasteiger partial charge on any atom is -0.382 e. The first-order valence-electron chi connectivity index (χ1n) is 7.09. The molecule has 4 aromatic rings. The molecule has 0 saturated carbocycles. The normalized spacial score (nSPS) is 11.1. The molecule has 3 N–H and O–H groups in total. The first kappa shape index (κ1) is 12.6. The fourth-order valence-electron chi connectivity index (χ4n) is 2.58. The van der Waals surface area contributed by atoms with Crippen LogP contribution in [-0.2, 0) is 6.54 Å². The zero-order valence-corrected chi connectivity index (χ0v) is 11.9. The van der Waals surface area contributed by atoms with Gasteiger partial charge in [-0.15, -0.1) is 0 Å². The molecule has 0 saturated heterocycles. The molecule has 2 aromatic heterocycles. The highest BCUT2D eigenvalue weighted by molar-refractivity contribution is 5.91. The molecule has 22 heavy (non-hydrogen) atoms. The second-order valence-electron chi connectivity index (χ2n) is 5.29. The molecule has 0 radical (unpaired) electrons. The number of anilines is 1. The molecular formula is C17H15N5. The molecule has 0 aliphatic carbocycles. The van der Waals surface area contributed by atoms with Gasteiger partial charge in [-0.2, -0.15) is 5.10 Å². The molecule has 2 aromatic carbocycles. The van der Waals surface area contributed by atoms with Crippen molar-refractivity contribution >= 4 is 16.7 Å². The molecule has 0 aliphatic heterocycles. The number of rotatable bonds is 3. The van der Waals surface area contributed by atoms with Crippen LogP contribution in [-0.4, -0.2) is 19.7 Å². The van der Waals surface area contributed by atoms with E-state index in [1.165, 1.54) is 5.56 Å². The van der Waals surface area contributed by atoms with Gasteiger partial charge in [-0.25, -0.2) is 4.98 Å². The van der Waals surface area contributed by atoms with Crippen molar-refractivity contribution in [1.82, 2.24) is 19.7 Å². The third-order valence-electron chi connectivity index (χ3n) is 3.73. The summed E-state index contributed by atoms with van der Waals surface area (Å²) in [5, 5.41) is 7.85. The summed E-state index contributed by atoms with van der Waals surface area (Å²) in [6.07, 6.45) is 3.90. The predicted molar refractivity (Wildman–Crippen MR) is 87.3 cm³/mol. The third-order valence-corrected chi connectivity index (χ3v) is 3.73. The van der Waals surface area contributed by atoms with Crippen LogP contribution in [0.5, 0.6) is 0 Å². The van der Waals surface area contributed by atoms with Gasteiger partial charge in [0.15, 0.2) is 5.82 Å². The van der Waals surface area contributed by atoms with Crippen molar-refractivity contribution in [2.24, 2.45) is 0 Å². The lowest BCUT2D eigenvalue weighted by Crippen LogP contribution is -1.95. The van der Waals surface area contributed by atoms with Gasteiger partial charge in [0.2, 0.25) is 0 Å². The average Bonchev–Trinajstić information content (AvgIpc) is 3.16. The number of nitrogens with zero attached hydrogens (tertiary/aromatic N) is 3. The summed E-state index contributed by atoms with van der Waals surface area (Å²) in [6.45, 7) is 0.809. The number of imidazole rings is 1. The number of hydrogen-bond donors (Lipinski definition) is 2. The van der Waals surface area contributed by atoms with Crippen molar-refractivity contribution in [3.63, 3.8) is 0 Å². The number of nitrogens with two attached hydrogens (primary N) is 1. The van der Waals surface area contributed by atoms with Crippen molar-refractivity contribution in [3.05, 3.63) is 66.6 Å². The van der Waals surface area contributed by atoms with Gasteiger partial charge in [-0.3, -0.25) is 5.10 Å². The Kier molecular flexibility index (Phi) is 2.89. The summed E-state index contributed by atoms with van der Waals surface area (Å²) < 4.78 is 2.08. The summed E-state index contributed by atoms with van der Waals surface area (Å²) in [5.41, 5.74) is 10.0. The molecular weight excluding hydrogens is 274 g/mol. The van der Waals surface area contributed by atoms with E-state index >= 15 is 0 Å². The molecule has 5 nitrogen and oxygen atoms in total. The van der Waals surface area contributed by atoms with Gasteiger partial charge >= 0.3 is 0 Å². The van der Waals surface area contributed by atoms with Crippen LogP contribution < -0.4 is 5.73 Å². The van der Waals surface area contributed by atoms with Crippen LogP contribution in [0.15, 0.2) is 61.1 Å². The molecule has 0 fully saturated rings.